The molecule has 0 bridgehead atoms. The van der Waals surface area contributed by atoms with E-state index in [1.54, 1.807) is 4.90 Å². The standard InChI is InChI=1S/C21H21BrN2O2/c22-16-9-10-19-15(12-16)8-11-21(26)24(19)13-20(25)23-18-7-3-5-14-4-1-2-6-17(14)18/h1-2,4,6,9-10,12,18H,3,5,7-8,11,13H2,(H,23,25)/t18-/m1/s1. The van der Waals surface area contributed by atoms with Crippen LogP contribution in [0.5, 0.6) is 0 Å². The number of hydrogen-bond acceptors (Lipinski definition) is 2. The van der Waals surface area contributed by atoms with Crippen LogP contribution >= 0.6 is 15.9 Å². The molecule has 0 saturated heterocycles. The topological polar surface area (TPSA) is 49.4 Å². The predicted molar refractivity (Wildman–Crippen MR) is 105 cm³/mol. The number of benzene rings is 2. The SMILES string of the molecule is O=C(CN1C(=O)CCc2cc(Br)ccc21)N[C@@H]1CCCc2ccccc21. The number of rotatable bonds is 3. The number of hydrogen-bond donors (Lipinski definition) is 1. The van der Waals surface area contributed by atoms with Gasteiger partial charge in [0.1, 0.15) is 6.54 Å². The van der Waals surface area contributed by atoms with Crippen LogP contribution in [-0.4, -0.2) is 18.4 Å². The molecule has 4 nitrogen and oxygen atoms in total. The van der Waals surface area contributed by atoms with Gasteiger partial charge in [0, 0.05) is 16.6 Å². The number of anilines is 1. The Morgan fingerprint density at radius 3 is 2.85 bits per heavy atom. The molecule has 0 spiro atoms. The third-order valence-corrected chi connectivity index (χ3v) is 5.74. The van der Waals surface area contributed by atoms with Gasteiger partial charge in [0.25, 0.3) is 0 Å². The average Bonchev–Trinajstić information content (AvgIpc) is 2.64. The minimum Gasteiger partial charge on any atom is -0.348 e. The molecule has 0 fully saturated rings. The van der Waals surface area contributed by atoms with Crippen LogP contribution in [0.25, 0.3) is 0 Å². The lowest BCUT2D eigenvalue weighted by molar-refractivity contribution is -0.124. The zero-order valence-electron chi connectivity index (χ0n) is 14.5. The van der Waals surface area contributed by atoms with Gasteiger partial charge in [0.05, 0.1) is 6.04 Å². The van der Waals surface area contributed by atoms with Gasteiger partial charge in [-0.15, -0.1) is 0 Å². The van der Waals surface area contributed by atoms with E-state index >= 15 is 0 Å². The first-order valence-electron chi connectivity index (χ1n) is 9.08. The molecular formula is C21H21BrN2O2. The maximum atomic E-state index is 12.7. The van der Waals surface area contributed by atoms with Crippen molar-refractivity contribution < 1.29 is 9.59 Å². The molecule has 2 amide bonds. The first-order chi connectivity index (χ1) is 12.6. The lowest BCUT2D eigenvalue weighted by Crippen LogP contribution is -2.44. The third-order valence-electron chi connectivity index (χ3n) is 5.25. The van der Waals surface area contributed by atoms with Crippen molar-refractivity contribution >= 4 is 33.4 Å². The largest absolute Gasteiger partial charge is 0.348 e. The second-order valence-corrected chi connectivity index (χ2v) is 7.88. The van der Waals surface area contributed by atoms with E-state index in [1.165, 1.54) is 11.1 Å². The maximum Gasteiger partial charge on any atom is 0.240 e. The Balaban J connectivity index is 1.50. The molecule has 26 heavy (non-hydrogen) atoms. The van der Waals surface area contributed by atoms with Crippen molar-refractivity contribution in [2.45, 2.75) is 38.1 Å². The van der Waals surface area contributed by atoms with Gasteiger partial charge in [-0.2, -0.15) is 0 Å². The summed E-state index contributed by atoms with van der Waals surface area (Å²) < 4.78 is 0.994. The highest BCUT2D eigenvalue weighted by molar-refractivity contribution is 9.10. The second-order valence-electron chi connectivity index (χ2n) is 6.96. The van der Waals surface area contributed by atoms with E-state index in [9.17, 15) is 9.59 Å². The zero-order chi connectivity index (χ0) is 18.1. The van der Waals surface area contributed by atoms with Gasteiger partial charge < -0.3 is 10.2 Å². The summed E-state index contributed by atoms with van der Waals surface area (Å²) >= 11 is 3.47. The van der Waals surface area contributed by atoms with Crippen LogP contribution in [0.1, 0.15) is 42.0 Å². The summed E-state index contributed by atoms with van der Waals surface area (Å²) in [6.07, 6.45) is 4.25. The summed E-state index contributed by atoms with van der Waals surface area (Å²) in [5, 5.41) is 3.14. The summed E-state index contributed by atoms with van der Waals surface area (Å²) in [5.74, 6) is -0.0881. The van der Waals surface area contributed by atoms with Crippen molar-refractivity contribution in [2.75, 3.05) is 11.4 Å². The van der Waals surface area contributed by atoms with Gasteiger partial charge in [-0.1, -0.05) is 40.2 Å². The minimum atomic E-state index is -0.101. The van der Waals surface area contributed by atoms with E-state index in [0.29, 0.717) is 6.42 Å². The van der Waals surface area contributed by atoms with Crippen LogP contribution in [-0.2, 0) is 22.4 Å². The number of amides is 2. The van der Waals surface area contributed by atoms with Crippen molar-refractivity contribution in [3.8, 4) is 0 Å². The van der Waals surface area contributed by atoms with Gasteiger partial charge in [0.2, 0.25) is 11.8 Å². The number of carbonyl (C=O) groups excluding carboxylic acids is 2. The third kappa shape index (κ3) is 3.40. The Hall–Kier alpha value is -2.14. The maximum absolute atomic E-state index is 12.7. The van der Waals surface area contributed by atoms with Gasteiger partial charge in [-0.3, -0.25) is 9.59 Å². The first kappa shape index (κ1) is 17.3. The average molecular weight is 413 g/mol. The molecule has 0 saturated carbocycles. The quantitative estimate of drug-likeness (QED) is 0.829. The Labute approximate surface area is 161 Å². The summed E-state index contributed by atoms with van der Waals surface area (Å²) in [6.45, 7) is 0.0755. The van der Waals surface area contributed by atoms with Gasteiger partial charge in [-0.05, 0) is 60.6 Å². The fourth-order valence-corrected chi connectivity index (χ4v) is 4.40. The highest BCUT2D eigenvalue weighted by Crippen LogP contribution is 2.31. The normalized spacial score (nSPS) is 18.9. The van der Waals surface area contributed by atoms with Crippen molar-refractivity contribution in [1.29, 1.82) is 0 Å². The number of aryl methyl sites for hydroxylation is 2. The van der Waals surface area contributed by atoms with E-state index in [4.69, 9.17) is 0 Å². The Kier molecular flexibility index (Phi) is 4.81. The number of halogens is 1. The second kappa shape index (κ2) is 7.23. The molecule has 0 aromatic heterocycles. The highest BCUT2D eigenvalue weighted by Gasteiger charge is 2.28. The zero-order valence-corrected chi connectivity index (χ0v) is 16.1. The summed E-state index contributed by atoms with van der Waals surface area (Å²) in [4.78, 5) is 26.7. The molecule has 1 aliphatic carbocycles. The molecule has 1 N–H and O–H groups in total. The van der Waals surface area contributed by atoms with Crippen molar-refractivity contribution in [1.82, 2.24) is 5.32 Å². The molecule has 1 aliphatic heterocycles. The molecule has 2 aromatic rings. The van der Waals surface area contributed by atoms with E-state index in [2.05, 4.69) is 33.4 Å². The fourth-order valence-electron chi connectivity index (χ4n) is 3.99. The lowest BCUT2D eigenvalue weighted by atomic mass is 9.88. The number of nitrogens with one attached hydrogen (secondary N) is 1. The lowest BCUT2D eigenvalue weighted by Gasteiger charge is -2.31. The van der Waals surface area contributed by atoms with Crippen LogP contribution in [0, 0.1) is 0 Å². The van der Waals surface area contributed by atoms with Crippen LogP contribution in [0.3, 0.4) is 0 Å². The molecule has 0 radical (unpaired) electrons. The molecule has 5 heteroatoms. The molecule has 1 heterocycles. The van der Waals surface area contributed by atoms with Gasteiger partial charge in [0.15, 0.2) is 0 Å². The highest BCUT2D eigenvalue weighted by atomic mass is 79.9. The number of fused-ring (bicyclic) bond motifs is 2. The fraction of sp³-hybridized carbons (Fsp3) is 0.333. The monoisotopic (exact) mass is 412 g/mol. The van der Waals surface area contributed by atoms with Crippen molar-refractivity contribution in [3.05, 3.63) is 63.6 Å². The van der Waals surface area contributed by atoms with Crippen molar-refractivity contribution in [3.63, 3.8) is 0 Å². The molecule has 0 unspecified atom stereocenters. The Bertz CT molecular complexity index is 865. The number of nitrogens with zero attached hydrogens (tertiary/aromatic N) is 1. The van der Waals surface area contributed by atoms with E-state index in [0.717, 1.165) is 41.4 Å². The van der Waals surface area contributed by atoms with Crippen LogP contribution in [0.15, 0.2) is 46.9 Å². The summed E-state index contributed by atoms with van der Waals surface area (Å²) in [5.41, 5.74) is 4.48. The minimum absolute atomic E-state index is 0.0130. The van der Waals surface area contributed by atoms with Crippen LogP contribution < -0.4 is 10.2 Å². The molecule has 2 aromatic carbocycles. The Morgan fingerprint density at radius 2 is 1.96 bits per heavy atom. The molecule has 2 aliphatic rings. The molecular weight excluding hydrogens is 392 g/mol. The molecule has 4 rings (SSSR count). The molecule has 134 valence electrons. The first-order valence-corrected chi connectivity index (χ1v) is 9.87. The summed E-state index contributed by atoms with van der Waals surface area (Å²) in [7, 11) is 0. The van der Waals surface area contributed by atoms with Crippen LogP contribution in [0.4, 0.5) is 5.69 Å². The van der Waals surface area contributed by atoms with E-state index in [-0.39, 0.29) is 24.4 Å². The van der Waals surface area contributed by atoms with E-state index < -0.39 is 0 Å². The predicted octanol–water partition coefficient (Wildman–Crippen LogP) is 3.92. The van der Waals surface area contributed by atoms with Crippen LogP contribution in [0.2, 0.25) is 0 Å². The smallest absolute Gasteiger partial charge is 0.240 e. The number of carbonyl (C=O) groups is 2. The summed E-state index contributed by atoms with van der Waals surface area (Å²) in [6, 6.07) is 14.2. The van der Waals surface area contributed by atoms with Gasteiger partial charge in [-0.25, -0.2) is 0 Å². The molecule has 1 atom stereocenters. The van der Waals surface area contributed by atoms with Gasteiger partial charge >= 0.3 is 0 Å². The van der Waals surface area contributed by atoms with E-state index in [1.807, 2.05) is 30.3 Å². The van der Waals surface area contributed by atoms with Crippen molar-refractivity contribution in [2.24, 2.45) is 0 Å². The Morgan fingerprint density at radius 1 is 1.12 bits per heavy atom.